The van der Waals surface area contributed by atoms with Gasteiger partial charge in [0.25, 0.3) is 0 Å². The molecule has 62 heavy (non-hydrogen) atoms. The smallest absolute Gasteiger partial charge is 0.128 e. The van der Waals surface area contributed by atoms with Gasteiger partial charge in [-0.15, -0.1) is 0 Å². The number of hydrogen-bond acceptors (Lipinski definition) is 8. The molecule has 9 aromatic rings. The first-order chi connectivity index (χ1) is 30.7. The second kappa shape index (κ2) is 19.0. The van der Waals surface area contributed by atoms with Crippen molar-refractivity contribution in [2.24, 2.45) is 0 Å². The summed E-state index contributed by atoms with van der Waals surface area (Å²) in [4.78, 5) is 0. The predicted molar refractivity (Wildman–Crippen MR) is 247 cm³/mol. The molecule has 0 aliphatic rings. The Hall–Kier alpha value is -7.26. The number of rotatable bonds is 18. The number of ether oxygens (including phenoxy) is 6. The van der Waals surface area contributed by atoms with E-state index in [0.717, 1.165) is 65.3 Å². The van der Waals surface area contributed by atoms with Gasteiger partial charge in [-0.2, -0.15) is 0 Å². The summed E-state index contributed by atoms with van der Waals surface area (Å²) in [7, 11) is 0. The molecule has 0 atom stereocenters. The molecule has 0 aliphatic carbocycles. The van der Waals surface area contributed by atoms with Gasteiger partial charge in [0.2, 0.25) is 0 Å². The molecule has 9 aromatic carbocycles. The first-order valence-electron chi connectivity index (χ1n) is 20.9. The number of benzene rings is 9. The summed E-state index contributed by atoms with van der Waals surface area (Å²) in [5.41, 5.74) is 3.71. The molecule has 0 aromatic heterocycles. The summed E-state index contributed by atoms with van der Waals surface area (Å²) in [6.07, 6.45) is 0. The number of aliphatic hydroxyl groups excluding tert-OH is 2. The average molecular weight is 823 g/mol. The van der Waals surface area contributed by atoms with Crippen molar-refractivity contribution < 1.29 is 38.6 Å². The fraction of sp³-hybridized carbons (Fsp3) is 0.148. The number of aliphatic hydroxyl groups is 2. The van der Waals surface area contributed by atoms with Crippen LogP contribution in [0.5, 0.6) is 34.5 Å². The first-order valence-corrected chi connectivity index (χ1v) is 20.9. The molecule has 0 saturated carbocycles. The van der Waals surface area contributed by atoms with Gasteiger partial charge >= 0.3 is 0 Å². The van der Waals surface area contributed by atoms with Crippen LogP contribution in [0.15, 0.2) is 170 Å². The summed E-state index contributed by atoms with van der Waals surface area (Å²) < 4.78 is 37.4. The molecular weight excluding hydrogens is 777 g/mol. The Morgan fingerprint density at radius 3 is 0.806 bits per heavy atom. The van der Waals surface area contributed by atoms with Gasteiger partial charge in [-0.25, -0.2) is 0 Å². The van der Waals surface area contributed by atoms with E-state index in [0.29, 0.717) is 60.9 Å². The minimum absolute atomic E-state index is 0.0883. The Morgan fingerprint density at radius 1 is 0.258 bits per heavy atom. The van der Waals surface area contributed by atoms with Gasteiger partial charge in [-0.3, -0.25) is 0 Å². The minimum atomic E-state index is -0.0883. The van der Waals surface area contributed by atoms with Crippen LogP contribution < -0.4 is 28.4 Å². The molecular formula is C54H46O8. The van der Waals surface area contributed by atoms with Crippen LogP contribution in [0.4, 0.5) is 0 Å². The van der Waals surface area contributed by atoms with E-state index in [9.17, 15) is 10.2 Å². The maximum atomic E-state index is 9.60. The number of fused-ring (bicyclic) bond motifs is 4. The van der Waals surface area contributed by atoms with Gasteiger partial charge in [0, 0.05) is 22.3 Å². The van der Waals surface area contributed by atoms with Crippen molar-refractivity contribution in [2.45, 2.75) is 0 Å². The summed E-state index contributed by atoms with van der Waals surface area (Å²) in [5, 5.41) is 27.7. The molecule has 8 heteroatoms. The second-order valence-electron chi connectivity index (χ2n) is 14.6. The summed E-state index contributed by atoms with van der Waals surface area (Å²) in [6, 6.07) is 56.6. The van der Waals surface area contributed by atoms with Crippen LogP contribution in [0.1, 0.15) is 0 Å². The van der Waals surface area contributed by atoms with Crippen molar-refractivity contribution >= 4 is 43.1 Å². The van der Waals surface area contributed by atoms with E-state index in [1.807, 2.05) is 109 Å². The standard InChI is InChI=1S/C54H46O8/c55-29-31-59-47-25-17-37-9-1-5-13-43(37)51(47)53-45-15-7-3-11-39(45)19-27-49(53)61-35-33-57-41-21-23-42(24-22-41)58-34-36-62-50-28-20-40-12-4-8-16-46(40)54(50)52-44-14-6-2-10-38(44)18-26-48(52)60-32-30-56/h1-28,55-56H,29-36H2. The number of hydrogen-bond donors (Lipinski definition) is 2. The summed E-state index contributed by atoms with van der Waals surface area (Å²) in [6.45, 7) is 1.44. The molecule has 9 rings (SSSR count). The van der Waals surface area contributed by atoms with Crippen LogP contribution in [-0.2, 0) is 0 Å². The average Bonchev–Trinajstić information content (AvgIpc) is 3.33. The van der Waals surface area contributed by atoms with E-state index in [1.165, 1.54) is 0 Å². The molecule has 2 N–H and O–H groups in total. The van der Waals surface area contributed by atoms with Crippen molar-refractivity contribution in [2.75, 3.05) is 52.9 Å². The molecule has 0 spiro atoms. The highest BCUT2D eigenvalue weighted by molar-refractivity contribution is 6.11. The zero-order chi connectivity index (χ0) is 42.1. The van der Waals surface area contributed by atoms with Crippen molar-refractivity contribution in [3.05, 3.63) is 170 Å². The summed E-state index contributed by atoms with van der Waals surface area (Å²) >= 11 is 0. The van der Waals surface area contributed by atoms with Gasteiger partial charge in [0.1, 0.15) is 74.1 Å². The van der Waals surface area contributed by atoms with Gasteiger partial charge in [0.05, 0.1) is 13.2 Å². The third-order valence-corrected chi connectivity index (χ3v) is 10.8. The maximum absolute atomic E-state index is 9.60. The van der Waals surface area contributed by atoms with E-state index >= 15 is 0 Å². The third kappa shape index (κ3) is 8.52. The van der Waals surface area contributed by atoms with E-state index in [2.05, 4.69) is 60.7 Å². The Bertz CT molecular complexity index is 2760. The highest BCUT2D eigenvalue weighted by Gasteiger charge is 2.21. The Labute approximate surface area is 360 Å². The van der Waals surface area contributed by atoms with Crippen molar-refractivity contribution in [1.82, 2.24) is 0 Å². The monoisotopic (exact) mass is 822 g/mol. The van der Waals surface area contributed by atoms with Crippen LogP contribution in [0, 0.1) is 0 Å². The van der Waals surface area contributed by atoms with E-state index in [-0.39, 0.29) is 26.4 Å². The molecule has 0 unspecified atom stereocenters. The quantitative estimate of drug-likeness (QED) is 0.0826. The van der Waals surface area contributed by atoms with E-state index < -0.39 is 0 Å². The van der Waals surface area contributed by atoms with Crippen LogP contribution in [0.25, 0.3) is 65.3 Å². The van der Waals surface area contributed by atoms with Crippen LogP contribution in [0.3, 0.4) is 0 Å². The molecule has 0 bridgehead atoms. The molecule has 0 aliphatic heterocycles. The lowest BCUT2D eigenvalue weighted by Crippen LogP contribution is -2.11. The maximum Gasteiger partial charge on any atom is 0.128 e. The Balaban J connectivity index is 0.864. The lowest BCUT2D eigenvalue weighted by molar-refractivity contribution is 0.202. The molecule has 0 saturated heterocycles. The van der Waals surface area contributed by atoms with Gasteiger partial charge < -0.3 is 38.6 Å². The molecule has 0 radical (unpaired) electrons. The highest BCUT2D eigenvalue weighted by atomic mass is 16.5. The van der Waals surface area contributed by atoms with Crippen LogP contribution in [-0.4, -0.2) is 63.1 Å². The van der Waals surface area contributed by atoms with Crippen molar-refractivity contribution in [3.8, 4) is 56.8 Å². The Kier molecular flexibility index (Phi) is 12.3. The van der Waals surface area contributed by atoms with Crippen LogP contribution in [0.2, 0.25) is 0 Å². The molecule has 310 valence electrons. The SMILES string of the molecule is OCCOc1ccc2ccccc2c1-c1c(OCCOc2ccc(OCCOc3ccc4ccccc4c3-c3c(OCCO)ccc4ccccc34)cc2)ccc2ccccc12. The molecule has 8 nitrogen and oxygen atoms in total. The fourth-order valence-electron chi connectivity index (χ4n) is 8.08. The van der Waals surface area contributed by atoms with E-state index in [1.54, 1.807) is 0 Å². The fourth-order valence-corrected chi connectivity index (χ4v) is 8.08. The van der Waals surface area contributed by atoms with Crippen molar-refractivity contribution in [3.63, 3.8) is 0 Å². The molecule has 0 fully saturated rings. The first kappa shape index (κ1) is 40.2. The summed E-state index contributed by atoms with van der Waals surface area (Å²) in [5.74, 6) is 4.18. The largest absolute Gasteiger partial charge is 0.491 e. The van der Waals surface area contributed by atoms with Crippen molar-refractivity contribution in [1.29, 1.82) is 0 Å². The minimum Gasteiger partial charge on any atom is -0.491 e. The van der Waals surface area contributed by atoms with Crippen LogP contribution >= 0.6 is 0 Å². The molecule has 0 amide bonds. The van der Waals surface area contributed by atoms with Gasteiger partial charge in [-0.05, 0) is 91.6 Å². The third-order valence-electron chi connectivity index (χ3n) is 10.8. The normalized spacial score (nSPS) is 11.3. The zero-order valence-electron chi connectivity index (χ0n) is 34.2. The second-order valence-corrected chi connectivity index (χ2v) is 14.6. The lowest BCUT2D eigenvalue weighted by Gasteiger charge is -2.20. The molecule has 0 heterocycles. The Morgan fingerprint density at radius 2 is 0.516 bits per heavy atom. The van der Waals surface area contributed by atoms with Gasteiger partial charge in [0.15, 0.2) is 0 Å². The zero-order valence-corrected chi connectivity index (χ0v) is 34.2. The van der Waals surface area contributed by atoms with Gasteiger partial charge in [-0.1, -0.05) is 121 Å². The van der Waals surface area contributed by atoms with E-state index in [4.69, 9.17) is 28.4 Å². The lowest BCUT2D eigenvalue weighted by atomic mass is 9.92. The highest BCUT2D eigenvalue weighted by Crippen LogP contribution is 2.47. The topological polar surface area (TPSA) is 95.8 Å². The predicted octanol–water partition coefficient (Wildman–Crippen LogP) is 11.3.